The van der Waals surface area contributed by atoms with Gasteiger partial charge in [-0.15, -0.1) is 11.3 Å². The van der Waals surface area contributed by atoms with Crippen molar-refractivity contribution < 1.29 is 22.7 Å². The Bertz CT molecular complexity index is 1200. The van der Waals surface area contributed by atoms with E-state index < -0.39 is 16.0 Å². The molecule has 0 unspecified atom stereocenters. The molecule has 7 nitrogen and oxygen atoms in total. The van der Waals surface area contributed by atoms with Crippen molar-refractivity contribution in [3.05, 3.63) is 62.5 Å². The van der Waals surface area contributed by atoms with Crippen molar-refractivity contribution in [3.63, 3.8) is 0 Å². The Morgan fingerprint density at radius 3 is 2.78 bits per heavy atom. The van der Waals surface area contributed by atoms with Gasteiger partial charge in [0.05, 0.1) is 19.2 Å². The SMILES string of the molecule is COC(=O)c1c(S(=O)(=O)NCc2cccc(Cl)c2)sc2c1CCN(C(=O)C1=CCCC1)C2. The van der Waals surface area contributed by atoms with Gasteiger partial charge in [0.25, 0.3) is 10.0 Å². The summed E-state index contributed by atoms with van der Waals surface area (Å²) >= 11 is 7.00. The van der Waals surface area contributed by atoms with Gasteiger partial charge in [-0.2, -0.15) is 0 Å². The summed E-state index contributed by atoms with van der Waals surface area (Å²) in [5.41, 5.74) is 2.23. The van der Waals surface area contributed by atoms with E-state index >= 15 is 0 Å². The van der Waals surface area contributed by atoms with Gasteiger partial charge in [0, 0.05) is 28.6 Å². The Hall–Kier alpha value is -2.20. The van der Waals surface area contributed by atoms with E-state index in [-0.39, 0.29) is 28.8 Å². The third-order valence-electron chi connectivity index (χ3n) is 5.62. The second-order valence-electron chi connectivity index (χ2n) is 7.71. The van der Waals surface area contributed by atoms with E-state index in [1.165, 1.54) is 7.11 Å². The van der Waals surface area contributed by atoms with E-state index in [2.05, 4.69) is 4.72 Å². The number of ether oxygens (including phenoxy) is 1. The molecule has 0 saturated carbocycles. The van der Waals surface area contributed by atoms with Gasteiger partial charge in [0.2, 0.25) is 5.91 Å². The number of methoxy groups -OCH3 is 1. The first kappa shape index (κ1) is 23.0. The molecule has 1 aliphatic heterocycles. The first-order chi connectivity index (χ1) is 15.3. The molecule has 0 spiro atoms. The van der Waals surface area contributed by atoms with Crippen LogP contribution in [-0.2, 0) is 39.1 Å². The summed E-state index contributed by atoms with van der Waals surface area (Å²) in [4.78, 5) is 27.8. The maximum Gasteiger partial charge on any atom is 0.340 e. The number of nitrogens with zero attached hydrogens (tertiary/aromatic N) is 1. The highest BCUT2D eigenvalue weighted by molar-refractivity contribution is 7.91. The highest BCUT2D eigenvalue weighted by Gasteiger charge is 2.35. The minimum absolute atomic E-state index is 0.00958. The quantitative estimate of drug-likeness (QED) is 0.618. The Morgan fingerprint density at radius 1 is 1.28 bits per heavy atom. The molecule has 10 heteroatoms. The van der Waals surface area contributed by atoms with Crippen LogP contribution in [0.4, 0.5) is 0 Å². The standard InChI is InChI=1S/C22H23ClN2O5S2/c1-30-21(27)19-17-9-10-25(20(26)15-6-2-3-7-15)13-18(17)31-22(19)32(28,29)24-12-14-5-4-8-16(23)11-14/h4-6,8,11,24H,2-3,7,9-10,12-13H2,1H3. The molecule has 0 atom stereocenters. The molecule has 1 aromatic heterocycles. The second-order valence-corrected chi connectivity index (χ2v) is 11.2. The fraction of sp³-hybridized carbons (Fsp3) is 0.364. The molecule has 2 aliphatic rings. The lowest BCUT2D eigenvalue weighted by molar-refractivity contribution is -0.128. The van der Waals surface area contributed by atoms with Gasteiger partial charge >= 0.3 is 5.97 Å². The molecule has 4 rings (SSSR count). The van der Waals surface area contributed by atoms with Gasteiger partial charge in [0.1, 0.15) is 4.21 Å². The number of halogens is 1. The zero-order valence-electron chi connectivity index (χ0n) is 17.5. The minimum Gasteiger partial charge on any atom is -0.465 e. The summed E-state index contributed by atoms with van der Waals surface area (Å²) in [6.45, 7) is 0.744. The van der Waals surface area contributed by atoms with Crippen molar-refractivity contribution in [3.8, 4) is 0 Å². The number of hydrogen-bond donors (Lipinski definition) is 1. The van der Waals surface area contributed by atoms with Crippen LogP contribution in [0.5, 0.6) is 0 Å². The molecule has 170 valence electrons. The fourth-order valence-electron chi connectivity index (χ4n) is 4.01. The molecule has 0 radical (unpaired) electrons. The van der Waals surface area contributed by atoms with Gasteiger partial charge in [-0.1, -0.05) is 29.8 Å². The number of allylic oxidation sites excluding steroid dienone is 1. The summed E-state index contributed by atoms with van der Waals surface area (Å²) in [5.74, 6) is -0.700. The van der Waals surface area contributed by atoms with Gasteiger partial charge < -0.3 is 9.64 Å². The average Bonchev–Trinajstić information content (AvgIpc) is 3.45. The van der Waals surface area contributed by atoms with Crippen LogP contribution in [-0.4, -0.2) is 38.8 Å². The van der Waals surface area contributed by atoms with E-state index in [1.54, 1.807) is 29.2 Å². The lowest BCUT2D eigenvalue weighted by Crippen LogP contribution is -2.36. The zero-order valence-corrected chi connectivity index (χ0v) is 19.9. The maximum absolute atomic E-state index is 13.1. The molecule has 1 aromatic carbocycles. The molecule has 1 amide bonds. The van der Waals surface area contributed by atoms with Crippen LogP contribution in [0.3, 0.4) is 0 Å². The molecule has 0 fully saturated rings. The predicted molar refractivity (Wildman–Crippen MR) is 122 cm³/mol. The van der Waals surface area contributed by atoms with Gasteiger partial charge in [-0.3, -0.25) is 4.79 Å². The van der Waals surface area contributed by atoms with Crippen molar-refractivity contribution >= 4 is 44.8 Å². The number of thiophene rings is 1. The number of nitrogens with one attached hydrogen (secondary N) is 1. The Balaban J connectivity index is 1.62. The molecule has 2 aromatic rings. The maximum atomic E-state index is 13.1. The third-order valence-corrected chi connectivity index (χ3v) is 8.99. The topological polar surface area (TPSA) is 92.8 Å². The van der Waals surface area contributed by atoms with Crippen molar-refractivity contribution in [1.29, 1.82) is 0 Å². The van der Waals surface area contributed by atoms with Gasteiger partial charge in [0.15, 0.2) is 0 Å². The van der Waals surface area contributed by atoms with Crippen molar-refractivity contribution in [2.45, 2.75) is 43.0 Å². The number of sulfonamides is 1. The molecule has 1 aliphatic carbocycles. The molecule has 0 saturated heterocycles. The average molecular weight is 495 g/mol. The third kappa shape index (κ3) is 4.61. The highest BCUT2D eigenvalue weighted by Crippen LogP contribution is 2.37. The number of amides is 1. The number of carbonyl (C=O) groups is 2. The minimum atomic E-state index is -3.99. The number of benzene rings is 1. The summed E-state index contributed by atoms with van der Waals surface area (Å²) in [6, 6.07) is 6.88. The monoisotopic (exact) mass is 494 g/mol. The summed E-state index contributed by atoms with van der Waals surface area (Å²) in [6.07, 6.45) is 5.03. The predicted octanol–water partition coefficient (Wildman–Crippen LogP) is 3.66. The zero-order chi connectivity index (χ0) is 22.9. The van der Waals surface area contributed by atoms with Crippen molar-refractivity contribution in [1.82, 2.24) is 9.62 Å². The van der Waals surface area contributed by atoms with Crippen LogP contribution in [0.25, 0.3) is 0 Å². The Morgan fingerprint density at radius 2 is 2.09 bits per heavy atom. The molecule has 0 bridgehead atoms. The lowest BCUT2D eigenvalue weighted by Gasteiger charge is -2.27. The second kappa shape index (κ2) is 9.35. The smallest absolute Gasteiger partial charge is 0.340 e. The molecule has 2 heterocycles. The number of rotatable bonds is 6. The van der Waals surface area contributed by atoms with Crippen LogP contribution in [0, 0.1) is 0 Å². The van der Waals surface area contributed by atoms with E-state index in [1.807, 2.05) is 6.08 Å². The van der Waals surface area contributed by atoms with Crippen LogP contribution in [0.15, 0.2) is 40.1 Å². The van der Waals surface area contributed by atoms with E-state index in [9.17, 15) is 18.0 Å². The fourth-order valence-corrected chi connectivity index (χ4v) is 7.18. The Labute approximate surface area is 196 Å². The number of esters is 1. The van der Waals surface area contributed by atoms with Crippen molar-refractivity contribution in [2.24, 2.45) is 0 Å². The molecule has 32 heavy (non-hydrogen) atoms. The molecule has 1 N–H and O–H groups in total. The molecular formula is C22H23ClN2O5S2. The van der Waals surface area contributed by atoms with Crippen LogP contribution >= 0.6 is 22.9 Å². The summed E-state index contributed by atoms with van der Waals surface area (Å²) in [7, 11) is -2.77. The summed E-state index contributed by atoms with van der Waals surface area (Å²) in [5, 5.41) is 0.505. The van der Waals surface area contributed by atoms with Gasteiger partial charge in [-0.05, 0) is 48.9 Å². The van der Waals surface area contributed by atoms with Crippen LogP contribution in [0.2, 0.25) is 5.02 Å². The number of hydrogen-bond acceptors (Lipinski definition) is 6. The van der Waals surface area contributed by atoms with E-state index in [4.69, 9.17) is 16.3 Å². The van der Waals surface area contributed by atoms with E-state index in [0.717, 1.165) is 36.2 Å². The van der Waals surface area contributed by atoms with Crippen LogP contribution in [0.1, 0.15) is 45.6 Å². The summed E-state index contributed by atoms with van der Waals surface area (Å²) < 4.78 is 33.7. The first-order valence-corrected chi connectivity index (χ1v) is 12.9. The first-order valence-electron chi connectivity index (χ1n) is 10.3. The Kier molecular flexibility index (Phi) is 6.71. The molecular weight excluding hydrogens is 472 g/mol. The van der Waals surface area contributed by atoms with Crippen molar-refractivity contribution in [2.75, 3.05) is 13.7 Å². The highest BCUT2D eigenvalue weighted by atomic mass is 35.5. The number of fused-ring (bicyclic) bond motifs is 1. The van der Waals surface area contributed by atoms with E-state index in [0.29, 0.717) is 34.0 Å². The number of carbonyl (C=O) groups excluding carboxylic acids is 2. The van der Waals surface area contributed by atoms with Gasteiger partial charge in [-0.25, -0.2) is 17.9 Å². The lowest BCUT2D eigenvalue weighted by atomic mass is 10.0. The normalized spacial score (nSPS) is 15.9. The van der Waals surface area contributed by atoms with Crippen LogP contribution < -0.4 is 4.72 Å². The largest absolute Gasteiger partial charge is 0.465 e.